The lowest BCUT2D eigenvalue weighted by atomic mass is 10.2. The first-order valence-electron chi connectivity index (χ1n) is 9.43. The molecule has 0 aliphatic rings. The van der Waals surface area contributed by atoms with Gasteiger partial charge in [0.2, 0.25) is 0 Å². The van der Waals surface area contributed by atoms with Gasteiger partial charge in [0.25, 0.3) is 5.91 Å². The summed E-state index contributed by atoms with van der Waals surface area (Å²) >= 11 is 3.37. The van der Waals surface area contributed by atoms with Crippen molar-refractivity contribution in [3.05, 3.63) is 99.7 Å². The summed E-state index contributed by atoms with van der Waals surface area (Å²) < 4.78 is 67.1. The van der Waals surface area contributed by atoms with Crippen molar-refractivity contribution in [2.45, 2.75) is 13.2 Å². The summed E-state index contributed by atoms with van der Waals surface area (Å²) in [5, 5.41) is 6.39. The highest BCUT2D eigenvalue weighted by Crippen LogP contribution is 2.25. The van der Waals surface area contributed by atoms with Crippen LogP contribution in [0.5, 0.6) is 5.75 Å². The molecule has 0 atom stereocenters. The van der Waals surface area contributed by atoms with Gasteiger partial charge < -0.3 is 14.5 Å². The van der Waals surface area contributed by atoms with Crippen LogP contribution in [0.25, 0.3) is 0 Å². The number of carbonyl (C=O) groups excluding carboxylic acids is 1. The molecule has 33 heavy (non-hydrogen) atoms. The molecule has 2 heterocycles. The number of halogens is 5. The number of benzene rings is 2. The number of aromatic nitrogens is 2. The smallest absolute Gasteiger partial charge is 0.291 e. The van der Waals surface area contributed by atoms with Crippen molar-refractivity contribution in [3.8, 4) is 5.75 Å². The summed E-state index contributed by atoms with van der Waals surface area (Å²) in [6, 6.07) is 10.6. The third-order valence-electron chi connectivity index (χ3n) is 4.51. The zero-order chi connectivity index (χ0) is 23.5. The molecule has 0 spiro atoms. The minimum Gasteiger partial charge on any atom is -0.484 e. The Bertz CT molecular complexity index is 1320. The molecule has 0 fully saturated rings. The van der Waals surface area contributed by atoms with E-state index >= 15 is 0 Å². The molecule has 4 aromatic rings. The van der Waals surface area contributed by atoms with Crippen LogP contribution in [0.3, 0.4) is 0 Å². The standard InChI is InChI=1S/C22H14BrF4N3O3/c23-15-3-1-2-4-18(15)32-11-13-5-6-19(33-13)22(31)29-12-8-28-30(9-12)10-14-16(24)7-17(25)21(27)20(14)26/h1-9H,10-11H2,(H,29,31). The summed E-state index contributed by atoms with van der Waals surface area (Å²) in [6.45, 7) is -0.415. The van der Waals surface area contributed by atoms with Crippen molar-refractivity contribution in [1.29, 1.82) is 0 Å². The molecular formula is C22H14BrF4N3O3. The van der Waals surface area contributed by atoms with Gasteiger partial charge in [-0.05, 0) is 40.2 Å². The number of nitrogens with zero attached hydrogens (tertiary/aromatic N) is 2. The first kappa shape index (κ1) is 22.6. The first-order chi connectivity index (χ1) is 15.8. The number of hydrogen-bond donors (Lipinski definition) is 1. The largest absolute Gasteiger partial charge is 0.484 e. The van der Waals surface area contributed by atoms with E-state index in [1.807, 2.05) is 18.2 Å². The Balaban J connectivity index is 1.38. The summed E-state index contributed by atoms with van der Waals surface area (Å²) in [7, 11) is 0. The second kappa shape index (κ2) is 9.49. The third kappa shape index (κ3) is 5.08. The highest BCUT2D eigenvalue weighted by atomic mass is 79.9. The second-order valence-corrected chi connectivity index (χ2v) is 7.67. The van der Waals surface area contributed by atoms with E-state index in [9.17, 15) is 22.4 Å². The van der Waals surface area contributed by atoms with Crippen LogP contribution < -0.4 is 10.1 Å². The molecule has 170 valence electrons. The molecule has 1 N–H and O–H groups in total. The predicted molar refractivity (Wildman–Crippen MR) is 113 cm³/mol. The molecule has 0 saturated heterocycles. The van der Waals surface area contributed by atoms with Crippen molar-refractivity contribution in [2.75, 3.05) is 5.32 Å². The van der Waals surface area contributed by atoms with Crippen LogP contribution in [0.1, 0.15) is 21.9 Å². The van der Waals surface area contributed by atoms with Crippen LogP contribution in [0.4, 0.5) is 23.2 Å². The summed E-state index contributed by atoms with van der Waals surface area (Å²) in [5.74, 6) is -5.84. The normalized spacial score (nSPS) is 10.9. The fraction of sp³-hybridized carbons (Fsp3) is 0.0909. The van der Waals surface area contributed by atoms with Crippen molar-refractivity contribution < 1.29 is 31.5 Å². The Kier molecular flexibility index (Phi) is 6.50. The SMILES string of the molecule is O=C(Nc1cnn(Cc2c(F)cc(F)c(F)c2F)c1)c1ccc(COc2ccccc2Br)o1. The van der Waals surface area contributed by atoms with Gasteiger partial charge in [-0.2, -0.15) is 5.10 Å². The van der Waals surface area contributed by atoms with Crippen LogP contribution in [0.2, 0.25) is 0 Å². The lowest BCUT2D eigenvalue weighted by Crippen LogP contribution is -2.11. The summed E-state index contributed by atoms with van der Waals surface area (Å²) in [5.41, 5.74) is -0.499. The first-order valence-corrected chi connectivity index (χ1v) is 10.2. The van der Waals surface area contributed by atoms with Gasteiger partial charge in [-0.1, -0.05) is 12.1 Å². The maximum absolute atomic E-state index is 13.9. The van der Waals surface area contributed by atoms with Crippen LogP contribution in [0.15, 0.2) is 63.7 Å². The van der Waals surface area contributed by atoms with Crippen molar-refractivity contribution >= 4 is 27.5 Å². The van der Waals surface area contributed by atoms with Crippen molar-refractivity contribution in [3.63, 3.8) is 0 Å². The average molecular weight is 524 g/mol. The highest BCUT2D eigenvalue weighted by Gasteiger charge is 2.20. The van der Waals surface area contributed by atoms with Gasteiger partial charge in [-0.15, -0.1) is 0 Å². The Morgan fingerprint density at radius 2 is 1.88 bits per heavy atom. The Morgan fingerprint density at radius 3 is 2.67 bits per heavy atom. The van der Waals surface area contributed by atoms with Crippen molar-refractivity contribution in [1.82, 2.24) is 9.78 Å². The van der Waals surface area contributed by atoms with E-state index in [1.165, 1.54) is 18.5 Å². The molecule has 0 aliphatic carbocycles. The number of nitrogens with one attached hydrogen (secondary N) is 1. The number of rotatable bonds is 7. The lowest BCUT2D eigenvalue weighted by Gasteiger charge is -2.07. The Labute approximate surface area is 192 Å². The molecule has 11 heteroatoms. The van der Waals surface area contributed by atoms with Gasteiger partial charge in [0.05, 0.1) is 22.9 Å². The van der Waals surface area contributed by atoms with E-state index in [0.29, 0.717) is 11.5 Å². The molecule has 0 saturated carbocycles. The van der Waals surface area contributed by atoms with E-state index in [2.05, 4.69) is 26.3 Å². The Hall–Kier alpha value is -3.60. The fourth-order valence-corrected chi connectivity index (χ4v) is 3.31. The van der Waals surface area contributed by atoms with Gasteiger partial charge in [-0.25, -0.2) is 17.6 Å². The Morgan fingerprint density at radius 1 is 1.09 bits per heavy atom. The molecule has 0 bridgehead atoms. The van der Waals surface area contributed by atoms with Crippen LogP contribution in [0, 0.1) is 23.3 Å². The van der Waals surface area contributed by atoms with E-state index in [0.717, 1.165) is 9.15 Å². The lowest BCUT2D eigenvalue weighted by molar-refractivity contribution is 0.0992. The molecule has 2 aromatic heterocycles. The molecular weight excluding hydrogens is 510 g/mol. The topological polar surface area (TPSA) is 69.3 Å². The minimum absolute atomic E-state index is 0.00571. The number of para-hydroxylation sites is 1. The van der Waals surface area contributed by atoms with Gasteiger partial charge >= 0.3 is 0 Å². The maximum Gasteiger partial charge on any atom is 0.291 e. The highest BCUT2D eigenvalue weighted by molar-refractivity contribution is 9.10. The molecule has 1 amide bonds. The molecule has 4 rings (SSSR count). The van der Waals surface area contributed by atoms with Gasteiger partial charge in [0, 0.05) is 17.8 Å². The van der Waals surface area contributed by atoms with Crippen molar-refractivity contribution in [2.24, 2.45) is 0 Å². The number of furan rings is 1. The predicted octanol–water partition coefficient (Wildman–Crippen LogP) is 5.67. The minimum atomic E-state index is -1.77. The van der Waals surface area contributed by atoms with Crippen LogP contribution >= 0.6 is 15.9 Å². The quantitative estimate of drug-likeness (QED) is 0.192. The van der Waals surface area contributed by atoms with Gasteiger partial charge in [0.1, 0.15) is 23.9 Å². The number of hydrogen-bond acceptors (Lipinski definition) is 4. The zero-order valence-electron chi connectivity index (χ0n) is 16.6. The van der Waals surface area contributed by atoms with Gasteiger partial charge in [-0.3, -0.25) is 9.48 Å². The molecule has 0 aliphatic heterocycles. The van der Waals surface area contributed by atoms with E-state index in [-0.39, 0.29) is 24.1 Å². The number of ether oxygens (including phenoxy) is 1. The van der Waals surface area contributed by atoms with E-state index in [1.54, 1.807) is 12.1 Å². The summed E-state index contributed by atoms with van der Waals surface area (Å²) in [4.78, 5) is 12.4. The number of anilines is 1. The molecule has 6 nitrogen and oxygen atoms in total. The van der Waals surface area contributed by atoms with E-state index < -0.39 is 41.3 Å². The molecule has 0 radical (unpaired) electrons. The average Bonchev–Trinajstić information content (AvgIpc) is 3.44. The molecule has 2 aromatic carbocycles. The van der Waals surface area contributed by atoms with Crippen LogP contribution in [-0.2, 0) is 13.2 Å². The summed E-state index contributed by atoms with van der Waals surface area (Å²) in [6.07, 6.45) is 2.51. The van der Waals surface area contributed by atoms with Crippen LogP contribution in [-0.4, -0.2) is 15.7 Å². The fourth-order valence-electron chi connectivity index (χ4n) is 2.91. The number of carbonyl (C=O) groups is 1. The second-order valence-electron chi connectivity index (χ2n) is 6.81. The number of amides is 1. The van der Waals surface area contributed by atoms with E-state index in [4.69, 9.17) is 9.15 Å². The monoisotopic (exact) mass is 523 g/mol. The van der Waals surface area contributed by atoms with Gasteiger partial charge in [0.15, 0.2) is 23.2 Å². The zero-order valence-corrected chi connectivity index (χ0v) is 18.2. The maximum atomic E-state index is 13.9. The molecule has 0 unspecified atom stereocenters. The third-order valence-corrected chi connectivity index (χ3v) is 5.17.